The summed E-state index contributed by atoms with van der Waals surface area (Å²) in [5.74, 6) is -0.483. The molecule has 1 aliphatic carbocycles. The summed E-state index contributed by atoms with van der Waals surface area (Å²) >= 11 is 0. The third-order valence-electron chi connectivity index (χ3n) is 7.14. The van der Waals surface area contributed by atoms with Crippen molar-refractivity contribution in [2.75, 3.05) is 13.1 Å². The highest BCUT2D eigenvalue weighted by Gasteiger charge is 2.35. The molecule has 6 nitrogen and oxygen atoms in total. The standard InChI is InChI=1S/C25H45N3O3/c1-4-10-20(23(26)29)21(17-18(2)3)24(30)27-22-13-8-9-15-28(25(22)31)16-14-19-11-6-5-7-12-19/h18-22H,4-17H2,1-3H3,(H2,26,29)(H,27,30)/t20-,21+,22-/m0/s1. The Kier molecular flexibility index (Phi) is 10.8. The predicted octanol–water partition coefficient (Wildman–Crippen LogP) is 4.02. The molecule has 1 heterocycles. The van der Waals surface area contributed by atoms with Crippen molar-refractivity contribution in [1.82, 2.24) is 10.2 Å². The van der Waals surface area contributed by atoms with Crippen LogP contribution in [0.4, 0.5) is 0 Å². The maximum atomic E-state index is 13.2. The van der Waals surface area contributed by atoms with Crippen LogP contribution in [0.25, 0.3) is 0 Å². The number of likely N-dealkylation sites (tertiary alicyclic amines) is 1. The van der Waals surface area contributed by atoms with E-state index in [1.165, 1.54) is 32.1 Å². The van der Waals surface area contributed by atoms with Crippen LogP contribution in [-0.4, -0.2) is 41.8 Å². The van der Waals surface area contributed by atoms with Crippen LogP contribution in [0.2, 0.25) is 0 Å². The minimum atomic E-state index is -0.480. The number of nitrogens with zero attached hydrogens (tertiary/aromatic N) is 1. The van der Waals surface area contributed by atoms with Gasteiger partial charge in [0.2, 0.25) is 17.7 Å². The van der Waals surface area contributed by atoms with Gasteiger partial charge in [0.05, 0.1) is 0 Å². The van der Waals surface area contributed by atoms with Crippen molar-refractivity contribution in [3.8, 4) is 0 Å². The van der Waals surface area contributed by atoms with Gasteiger partial charge in [0.15, 0.2) is 0 Å². The zero-order chi connectivity index (χ0) is 22.8. The predicted molar refractivity (Wildman–Crippen MR) is 124 cm³/mol. The molecule has 2 rings (SSSR count). The number of hydrogen-bond donors (Lipinski definition) is 2. The van der Waals surface area contributed by atoms with Crippen LogP contribution in [0.1, 0.15) is 97.8 Å². The van der Waals surface area contributed by atoms with Gasteiger partial charge in [-0.1, -0.05) is 59.3 Å². The SMILES string of the molecule is CCC[C@H](C(N)=O)[C@@H](CC(C)C)C(=O)N[C@H]1CCCCN(CCC2CCCCC2)C1=O. The summed E-state index contributed by atoms with van der Waals surface area (Å²) in [6, 6.07) is -0.480. The second-order valence-electron chi connectivity index (χ2n) is 10.2. The van der Waals surface area contributed by atoms with Gasteiger partial charge in [-0.3, -0.25) is 14.4 Å². The highest BCUT2D eigenvalue weighted by Crippen LogP contribution is 2.28. The summed E-state index contributed by atoms with van der Waals surface area (Å²) < 4.78 is 0. The smallest absolute Gasteiger partial charge is 0.245 e. The fourth-order valence-corrected chi connectivity index (χ4v) is 5.37. The van der Waals surface area contributed by atoms with E-state index in [4.69, 9.17) is 5.73 Å². The lowest BCUT2D eigenvalue weighted by Gasteiger charge is -2.30. The lowest BCUT2D eigenvalue weighted by atomic mass is 9.81. The first-order valence-corrected chi connectivity index (χ1v) is 12.7. The van der Waals surface area contributed by atoms with E-state index in [0.29, 0.717) is 19.3 Å². The number of nitrogens with two attached hydrogens (primary N) is 1. The van der Waals surface area contributed by atoms with E-state index in [1.54, 1.807) is 0 Å². The molecule has 0 spiro atoms. The molecule has 3 atom stereocenters. The van der Waals surface area contributed by atoms with Crippen LogP contribution >= 0.6 is 0 Å². The molecule has 2 fully saturated rings. The maximum Gasteiger partial charge on any atom is 0.245 e. The molecule has 0 radical (unpaired) electrons. The normalized spacial score (nSPS) is 22.8. The summed E-state index contributed by atoms with van der Waals surface area (Å²) in [5.41, 5.74) is 5.66. The van der Waals surface area contributed by atoms with Crippen LogP contribution in [0, 0.1) is 23.7 Å². The van der Waals surface area contributed by atoms with E-state index in [-0.39, 0.29) is 17.7 Å². The van der Waals surface area contributed by atoms with Gasteiger partial charge in [0.25, 0.3) is 0 Å². The van der Waals surface area contributed by atoms with Crippen molar-refractivity contribution < 1.29 is 14.4 Å². The Balaban J connectivity index is 2.03. The molecule has 1 aliphatic heterocycles. The van der Waals surface area contributed by atoms with Crippen molar-refractivity contribution >= 4 is 17.7 Å². The molecule has 0 aromatic heterocycles. The summed E-state index contributed by atoms with van der Waals surface area (Å²) in [4.78, 5) is 40.6. The van der Waals surface area contributed by atoms with E-state index in [9.17, 15) is 14.4 Å². The molecule has 3 N–H and O–H groups in total. The van der Waals surface area contributed by atoms with Gasteiger partial charge in [-0.25, -0.2) is 0 Å². The Labute approximate surface area is 189 Å². The van der Waals surface area contributed by atoms with Gasteiger partial charge < -0.3 is 16.0 Å². The number of primary amides is 1. The van der Waals surface area contributed by atoms with Crippen LogP contribution in [0.15, 0.2) is 0 Å². The van der Waals surface area contributed by atoms with E-state index in [2.05, 4.69) is 5.32 Å². The summed E-state index contributed by atoms with van der Waals surface area (Å²) in [5, 5.41) is 3.04. The first kappa shape index (κ1) is 25.7. The highest BCUT2D eigenvalue weighted by molar-refractivity contribution is 5.91. The molecule has 0 bridgehead atoms. The molecule has 6 heteroatoms. The molecule has 1 saturated heterocycles. The zero-order valence-corrected chi connectivity index (χ0v) is 20.0. The largest absolute Gasteiger partial charge is 0.369 e. The molecule has 0 aromatic carbocycles. The second kappa shape index (κ2) is 13.1. The van der Waals surface area contributed by atoms with Gasteiger partial charge in [-0.15, -0.1) is 0 Å². The molecule has 0 unspecified atom stereocenters. The molecule has 1 saturated carbocycles. The van der Waals surface area contributed by atoms with Gasteiger partial charge in [-0.2, -0.15) is 0 Å². The Morgan fingerprint density at radius 3 is 2.35 bits per heavy atom. The van der Waals surface area contributed by atoms with Crippen LogP contribution in [0.3, 0.4) is 0 Å². The average Bonchev–Trinajstić information content (AvgIpc) is 2.91. The van der Waals surface area contributed by atoms with Crippen molar-refractivity contribution in [2.24, 2.45) is 29.4 Å². The van der Waals surface area contributed by atoms with Crippen molar-refractivity contribution in [3.63, 3.8) is 0 Å². The quantitative estimate of drug-likeness (QED) is 0.513. The van der Waals surface area contributed by atoms with E-state index in [0.717, 1.165) is 44.7 Å². The molecular formula is C25H45N3O3. The van der Waals surface area contributed by atoms with E-state index in [1.807, 2.05) is 25.7 Å². The van der Waals surface area contributed by atoms with E-state index >= 15 is 0 Å². The van der Waals surface area contributed by atoms with E-state index < -0.39 is 23.8 Å². The minimum Gasteiger partial charge on any atom is -0.369 e. The number of carbonyl (C=O) groups excluding carboxylic acids is 3. The van der Waals surface area contributed by atoms with Crippen molar-refractivity contribution in [3.05, 3.63) is 0 Å². The highest BCUT2D eigenvalue weighted by atomic mass is 16.2. The molecule has 31 heavy (non-hydrogen) atoms. The van der Waals surface area contributed by atoms with Gasteiger partial charge >= 0.3 is 0 Å². The van der Waals surface area contributed by atoms with Gasteiger partial charge in [-0.05, 0) is 50.4 Å². The Hall–Kier alpha value is -1.59. The molecular weight excluding hydrogens is 390 g/mol. The third kappa shape index (κ3) is 8.12. The number of hydrogen-bond acceptors (Lipinski definition) is 3. The Morgan fingerprint density at radius 1 is 1.06 bits per heavy atom. The van der Waals surface area contributed by atoms with Crippen LogP contribution in [-0.2, 0) is 14.4 Å². The third-order valence-corrected chi connectivity index (χ3v) is 7.14. The number of nitrogens with one attached hydrogen (secondary N) is 1. The summed E-state index contributed by atoms with van der Waals surface area (Å²) in [6.07, 6.45) is 12.2. The number of carbonyl (C=O) groups is 3. The molecule has 178 valence electrons. The van der Waals surface area contributed by atoms with Crippen LogP contribution in [0.5, 0.6) is 0 Å². The average molecular weight is 436 g/mol. The first-order chi connectivity index (χ1) is 14.8. The topological polar surface area (TPSA) is 92.5 Å². The lowest BCUT2D eigenvalue weighted by Crippen LogP contribution is -2.51. The number of amides is 3. The second-order valence-corrected chi connectivity index (χ2v) is 10.2. The van der Waals surface area contributed by atoms with Crippen LogP contribution < -0.4 is 11.1 Å². The lowest BCUT2D eigenvalue weighted by molar-refractivity contribution is -0.139. The maximum absolute atomic E-state index is 13.2. The van der Waals surface area contributed by atoms with Crippen molar-refractivity contribution in [1.29, 1.82) is 0 Å². The van der Waals surface area contributed by atoms with Crippen molar-refractivity contribution in [2.45, 2.75) is 104 Å². The first-order valence-electron chi connectivity index (χ1n) is 12.7. The zero-order valence-electron chi connectivity index (χ0n) is 20.0. The molecule has 0 aromatic rings. The molecule has 2 aliphatic rings. The molecule has 3 amide bonds. The monoisotopic (exact) mass is 435 g/mol. The summed E-state index contributed by atoms with van der Waals surface area (Å²) in [6.45, 7) is 7.68. The summed E-state index contributed by atoms with van der Waals surface area (Å²) in [7, 11) is 0. The minimum absolute atomic E-state index is 0.0519. The Bertz CT molecular complexity index is 587. The van der Waals surface area contributed by atoms with Gasteiger partial charge in [0.1, 0.15) is 6.04 Å². The number of rotatable bonds is 11. The Morgan fingerprint density at radius 2 is 1.74 bits per heavy atom. The van der Waals surface area contributed by atoms with Gasteiger partial charge in [0, 0.05) is 24.9 Å². The fraction of sp³-hybridized carbons (Fsp3) is 0.880. The fourth-order valence-electron chi connectivity index (χ4n) is 5.37.